The molecule has 1 aromatic heterocycles. The van der Waals surface area contributed by atoms with Crippen LogP contribution in [0.1, 0.15) is 34.8 Å². The second-order valence-electron chi connectivity index (χ2n) is 6.90. The van der Waals surface area contributed by atoms with Gasteiger partial charge in [0.2, 0.25) is 0 Å². The van der Waals surface area contributed by atoms with E-state index in [4.69, 9.17) is 13.9 Å². The molecule has 0 bridgehead atoms. The summed E-state index contributed by atoms with van der Waals surface area (Å²) >= 11 is 1.26. The predicted octanol–water partition coefficient (Wildman–Crippen LogP) is 4.61. The first-order valence-electron chi connectivity index (χ1n) is 9.47. The molecular weight excluding hydrogens is 388 g/mol. The summed E-state index contributed by atoms with van der Waals surface area (Å²) in [7, 11) is 3.16. The average molecular weight is 410 g/mol. The summed E-state index contributed by atoms with van der Waals surface area (Å²) in [5.74, 6) is 1.65. The van der Waals surface area contributed by atoms with Crippen LogP contribution in [-0.2, 0) is 12.8 Å². The van der Waals surface area contributed by atoms with E-state index in [0.717, 1.165) is 24.8 Å². The molecule has 0 radical (unpaired) electrons. The third-order valence-corrected chi connectivity index (χ3v) is 6.01. The number of thioether (sulfide) groups is 1. The number of aryl methyl sites for hydroxylation is 2. The predicted molar refractivity (Wildman–Crippen MR) is 111 cm³/mol. The number of ether oxygens (including phenoxy) is 2. The lowest BCUT2D eigenvalue weighted by atomic mass is 10.0. The number of nitrogens with zero attached hydrogens (tertiary/aromatic N) is 2. The lowest BCUT2D eigenvalue weighted by Gasteiger charge is -2.09. The number of benzene rings is 2. The van der Waals surface area contributed by atoms with Gasteiger partial charge >= 0.3 is 0 Å². The van der Waals surface area contributed by atoms with Crippen molar-refractivity contribution < 1.29 is 18.7 Å². The number of ketones is 1. The third-order valence-electron chi connectivity index (χ3n) is 5.08. The van der Waals surface area contributed by atoms with Crippen molar-refractivity contribution in [3.8, 4) is 23.0 Å². The van der Waals surface area contributed by atoms with Crippen LogP contribution >= 0.6 is 11.8 Å². The molecule has 1 aliphatic carbocycles. The molecule has 0 saturated heterocycles. The van der Waals surface area contributed by atoms with Gasteiger partial charge in [-0.15, -0.1) is 10.2 Å². The van der Waals surface area contributed by atoms with Gasteiger partial charge in [-0.3, -0.25) is 4.79 Å². The fourth-order valence-corrected chi connectivity index (χ4v) is 4.27. The number of methoxy groups -OCH3 is 2. The monoisotopic (exact) mass is 410 g/mol. The zero-order valence-corrected chi connectivity index (χ0v) is 17.4. The lowest BCUT2D eigenvalue weighted by Crippen LogP contribution is -2.13. The molecule has 1 atom stereocenters. The van der Waals surface area contributed by atoms with Gasteiger partial charge in [0, 0.05) is 11.6 Å². The summed E-state index contributed by atoms with van der Waals surface area (Å²) in [6.07, 6.45) is 3.32. The van der Waals surface area contributed by atoms with Crippen LogP contribution in [0.25, 0.3) is 11.5 Å². The molecule has 0 N–H and O–H groups in total. The fourth-order valence-electron chi connectivity index (χ4n) is 3.51. The first-order chi connectivity index (χ1) is 14.1. The van der Waals surface area contributed by atoms with Gasteiger partial charge in [-0.1, -0.05) is 23.9 Å². The fraction of sp³-hybridized carbons (Fsp3) is 0.318. The molecule has 1 heterocycles. The Hall–Kier alpha value is -2.80. The molecule has 0 amide bonds. The van der Waals surface area contributed by atoms with Crippen LogP contribution < -0.4 is 9.47 Å². The minimum Gasteiger partial charge on any atom is -0.497 e. The molecule has 3 aromatic rings. The van der Waals surface area contributed by atoms with Crippen LogP contribution in [0.15, 0.2) is 46.0 Å². The second-order valence-corrected chi connectivity index (χ2v) is 8.19. The van der Waals surface area contributed by atoms with Crippen molar-refractivity contribution >= 4 is 17.5 Å². The van der Waals surface area contributed by atoms with Gasteiger partial charge < -0.3 is 13.9 Å². The largest absolute Gasteiger partial charge is 0.497 e. The molecule has 0 saturated carbocycles. The first kappa shape index (κ1) is 19.5. The van der Waals surface area contributed by atoms with E-state index < -0.39 is 0 Å². The van der Waals surface area contributed by atoms with Crippen LogP contribution in [0.5, 0.6) is 11.5 Å². The number of carbonyl (C=O) groups is 1. The Bertz CT molecular complexity index is 1050. The van der Waals surface area contributed by atoms with Crippen molar-refractivity contribution in [3.63, 3.8) is 0 Å². The number of hydrogen-bond donors (Lipinski definition) is 0. The molecular formula is C22H22N2O4S. The Balaban J connectivity index is 1.49. The lowest BCUT2D eigenvalue weighted by molar-refractivity contribution is 0.0993. The topological polar surface area (TPSA) is 74.5 Å². The second kappa shape index (κ2) is 8.29. The van der Waals surface area contributed by atoms with Gasteiger partial charge in [-0.2, -0.15) is 0 Å². The summed E-state index contributed by atoms with van der Waals surface area (Å²) < 4.78 is 16.4. The van der Waals surface area contributed by atoms with E-state index >= 15 is 0 Å². The summed E-state index contributed by atoms with van der Waals surface area (Å²) in [5.41, 5.74) is 4.06. The molecule has 0 fully saturated rings. The molecule has 0 aliphatic heterocycles. The van der Waals surface area contributed by atoms with Gasteiger partial charge in [-0.05, 0) is 55.5 Å². The molecule has 6 nitrogen and oxygen atoms in total. The average Bonchev–Trinajstić information content (AvgIpc) is 3.41. The SMILES string of the molecule is COc1ccc(-c2nnc(SC(C)C(=O)c3ccc4c(c3)CCC4)o2)c(OC)c1. The van der Waals surface area contributed by atoms with Crippen LogP contribution in [0.2, 0.25) is 0 Å². The highest BCUT2D eigenvalue weighted by Crippen LogP contribution is 2.35. The minimum atomic E-state index is -0.333. The standard InChI is InChI=1S/C22H22N2O4S/c1-13(20(25)16-8-7-14-5-4-6-15(14)11-16)29-22-24-23-21(28-22)18-10-9-17(26-2)12-19(18)27-3/h7-13H,4-6H2,1-3H3. The number of Topliss-reactive ketones (excluding diaryl/α,β-unsaturated/α-hetero) is 1. The van der Waals surface area contributed by atoms with E-state index in [9.17, 15) is 4.79 Å². The number of aromatic nitrogens is 2. The molecule has 4 rings (SSSR count). The van der Waals surface area contributed by atoms with Gasteiger partial charge in [-0.25, -0.2) is 0 Å². The van der Waals surface area contributed by atoms with Crippen molar-refractivity contribution in [1.82, 2.24) is 10.2 Å². The highest BCUT2D eigenvalue weighted by Gasteiger charge is 2.22. The van der Waals surface area contributed by atoms with Crippen LogP contribution in [0, 0.1) is 0 Å². The molecule has 7 heteroatoms. The summed E-state index contributed by atoms with van der Waals surface area (Å²) in [5, 5.41) is 8.22. The van der Waals surface area contributed by atoms with Crippen molar-refractivity contribution in [1.29, 1.82) is 0 Å². The maximum Gasteiger partial charge on any atom is 0.277 e. The highest BCUT2D eigenvalue weighted by atomic mass is 32.2. The van der Waals surface area contributed by atoms with Gasteiger partial charge in [0.25, 0.3) is 11.1 Å². The van der Waals surface area contributed by atoms with E-state index in [1.54, 1.807) is 32.4 Å². The molecule has 1 aliphatic rings. The van der Waals surface area contributed by atoms with Crippen molar-refractivity contribution in [2.45, 2.75) is 36.7 Å². The Kier molecular flexibility index (Phi) is 5.58. The summed E-state index contributed by atoms with van der Waals surface area (Å²) in [6, 6.07) is 11.4. The maximum atomic E-state index is 12.9. The van der Waals surface area contributed by atoms with Crippen molar-refractivity contribution in [3.05, 3.63) is 53.1 Å². The zero-order chi connectivity index (χ0) is 20.4. The van der Waals surface area contributed by atoms with Gasteiger partial charge in [0.05, 0.1) is 25.0 Å². The normalized spacial score (nSPS) is 13.8. The number of fused-ring (bicyclic) bond motifs is 1. The third kappa shape index (κ3) is 4.00. The Morgan fingerprint density at radius 2 is 1.90 bits per heavy atom. The smallest absolute Gasteiger partial charge is 0.277 e. The zero-order valence-electron chi connectivity index (χ0n) is 16.6. The Morgan fingerprint density at radius 1 is 1.07 bits per heavy atom. The molecule has 1 unspecified atom stereocenters. The van der Waals surface area contributed by atoms with Crippen LogP contribution in [0.4, 0.5) is 0 Å². The van der Waals surface area contributed by atoms with Gasteiger partial charge in [0.1, 0.15) is 11.5 Å². The van der Waals surface area contributed by atoms with Crippen molar-refractivity contribution in [2.75, 3.05) is 14.2 Å². The number of carbonyl (C=O) groups excluding carboxylic acids is 1. The van der Waals surface area contributed by atoms with E-state index in [2.05, 4.69) is 16.3 Å². The summed E-state index contributed by atoms with van der Waals surface area (Å²) in [4.78, 5) is 12.9. The highest BCUT2D eigenvalue weighted by molar-refractivity contribution is 8.00. The van der Waals surface area contributed by atoms with E-state index in [0.29, 0.717) is 28.2 Å². The summed E-state index contributed by atoms with van der Waals surface area (Å²) in [6.45, 7) is 1.86. The molecule has 2 aromatic carbocycles. The first-order valence-corrected chi connectivity index (χ1v) is 10.4. The van der Waals surface area contributed by atoms with E-state index in [1.807, 2.05) is 19.1 Å². The van der Waals surface area contributed by atoms with Gasteiger partial charge in [0.15, 0.2) is 5.78 Å². The minimum absolute atomic E-state index is 0.0616. The molecule has 150 valence electrons. The Labute approximate surface area is 173 Å². The van der Waals surface area contributed by atoms with E-state index in [-0.39, 0.29) is 11.0 Å². The molecule has 0 spiro atoms. The van der Waals surface area contributed by atoms with Crippen LogP contribution in [-0.4, -0.2) is 35.5 Å². The van der Waals surface area contributed by atoms with Crippen molar-refractivity contribution in [2.24, 2.45) is 0 Å². The maximum absolute atomic E-state index is 12.9. The number of hydrogen-bond acceptors (Lipinski definition) is 7. The quantitative estimate of drug-likeness (QED) is 0.416. The number of rotatable bonds is 7. The van der Waals surface area contributed by atoms with Crippen LogP contribution in [0.3, 0.4) is 0 Å². The Morgan fingerprint density at radius 3 is 2.69 bits per heavy atom. The molecule has 29 heavy (non-hydrogen) atoms. The van der Waals surface area contributed by atoms with E-state index in [1.165, 1.54) is 22.9 Å².